The first-order valence-corrected chi connectivity index (χ1v) is 6.88. The van der Waals surface area contributed by atoms with E-state index in [1.165, 1.54) is 0 Å². The molecule has 0 aromatic heterocycles. The monoisotopic (exact) mass is 266 g/mol. The Labute approximate surface area is 116 Å². The molecule has 0 bridgehead atoms. The summed E-state index contributed by atoms with van der Waals surface area (Å²) in [5.74, 6) is 8.04. The molecule has 0 amide bonds. The number of hydrazine groups is 1. The van der Waals surface area contributed by atoms with Gasteiger partial charge in [-0.2, -0.15) is 0 Å². The molecular formula is C15H26N2O2. The van der Waals surface area contributed by atoms with E-state index in [1.807, 2.05) is 18.2 Å². The summed E-state index contributed by atoms with van der Waals surface area (Å²) >= 11 is 0. The highest BCUT2D eigenvalue weighted by Gasteiger charge is 2.19. The van der Waals surface area contributed by atoms with Gasteiger partial charge in [0.1, 0.15) is 11.5 Å². The Kier molecular flexibility index (Phi) is 6.67. The second-order valence-electron chi connectivity index (χ2n) is 4.75. The van der Waals surface area contributed by atoms with Gasteiger partial charge in [0.25, 0.3) is 0 Å². The van der Waals surface area contributed by atoms with Gasteiger partial charge in [-0.25, -0.2) is 0 Å². The highest BCUT2D eigenvalue weighted by Crippen LogP contribution is 2.33. The van der Waals surface area contributed by atoms with Crippen molar-refractivity contribution in [1.29, 1.82) is 0 Å². The summed E-state index contributed by atoms with van der Waals surface area (Å²) in [4.78, 5) is 0. The van der Waals surface area contributed by atoms with Crippen LogP contribution in [-0.4, -0.2) is 14.2 Å². The van der Waals surface area contributed by atoms with Gasteiger partial charge in [-0.3, -0.25) is 11.3 Å². The maximum Gasteiger partial charge on any atom is 0.123 e. The van der Waals surface area contributed by atoms with Crippen LogP contribution in [-0.2, 0) is 0 Å². The van der Waals surface area contributed by atoms with Crippen LogP contribution in [0.3, 0.4) is 0 Å². The highest BCUT2D eigenvalue weighted by atomic mass is 16.5. The van der Waals surface area contributed by atoms with E-state index in [4.69, 9.17) is 15.3 Å². The van der Waals surface area contributed by atoms with Crippen LogP contribution in [0.15, 0.2) is 18.2 Å². The Hall–Kier alpha value is -1.26. The number of nitrogens with one attached hydrogen (secondary N) is 1. The minimum Gasteiger partial charge on any atom is -0.497 e. The maximum atomic E-state index is 5.73. The molecule has 0 aliphatic rings. The number of benzene rings is 1. The molecule has 108 valence electrons. The van der Waals surface area contributed by atoms with Gasteiger partial charge in [0.05, 0.1) is 20.3 Å². The molecule has 19 heavy (non-hydrogen) atoms. The van der Waals surface area contributed by atoms with Gasteiger partial charge in [0, 0.05) is 5.56 Å². The number of nitrogens with two attached hydrogens (primary N) is 1. The average molecular weight is 266 g/mol. The minimum atomic E-state index is 0.0787. The summed E-state index contributed by atoms with van der Waals surface area (Å²) in [5, 5.41) is 0. The van der Waals surface area contributed by atoms with E-state index < -0.39 is 0 Å². The minimum absolute atomic E-state index is 0.0787. The second kappa shape index (κ2) is 8.02. The van der Waals surface area contributed by atoms with Crippen molar-refractivity contribution in [3.63, 3.8) is 0 Å². The van der Waals surface area contributed by atoms with Crippen LogP contribution < -0.4 is 20.7 Å². The van der Waals surface area contributed by atoms with Crippen LogP contribution in [0, 0.1) is 5.92 Å². The van der Waals surface area contributed by atoms with Crippen molar-refractivity contribution in [2.24, 2.45) is 11.8 Å². The smallest absolute Gasteiger partial charge is 0.123 e. The van der Waals surface area contributed by atoms with E-state index in [0.29, 0.717) is 5.92 Å². The van der Waals surface area contributed by atoms with Gasteiger partial charge >= 0.3 is 0 Å². The Balaban J connectivity index is 3.01. The third-order valence-electron chi connectivity index (χ3n) is 3.74. The molecule has 4 heteroatoms. The van der Waals surface area contributed by atoms with E-state index in [-0.39, 0.29) is 6.04 Å². The fourth-order valence-corrected chi connectivity index (χ4v) is 2.35. The molecule has 0 spiro atoms. The van der Waals surface area contributed by atoms with Gasteiger partial charge in [-0.05, 0) is 30.5 Å². The quantitative estimate of drug-likeness (QED) is 0.561. The van der Waals surface area contributed by atoms with Crippen LogP contribution in [0.1, 0.15) is 44.7 Å². The predicted octanol–water partition coefficient (Wildman–Crippen LogP) is 3.03. The lowest BCUT2D eigenvalue weighted by atomic mass is 9.91. The number of hydrogen-bond donors (Lipinski definition) is 2. The van der Waals surface area contributed by atoms with Gasteiger partial charge in [0.15, 0.2) is 0 Å². The van der Waals surface area contributed by atoms with E-state index >= 15 is 0 Å². The summed E-state index contributed by atoms with van der Waals surface area (Å²) in [6, 6.07) is 5.89. The summed E-state index contributed by atoms with van der Waals surface area (Å²) in [5.41, 5.74) is 3.96. The molecule has 3 N–H and O–H groups in total. The average Bonchev–Trinajstić information content (AvgIpc) is 2.48. The van der Waals surface area contributed by atoms with E-state index in [0.717, 1.165) is 36.3 Å². The molecule has 0 radical (unpaired) electrons. The normalized spacial score (nSPS) is 12.5. The lowest BCUT2D eigenvalue weighted by Crippen LogP contribution is -2.30. The molecule has 0 fully saturated rings. The SMILES string of the molecule is CCC(CC)CC(NN)c1cc(OC)ccc1OC. The predicted molar refractivity (Wildman–Crippen MR) is 78.3 cm³/mol. The highest BCUT2D eigenvalue weighted by molar-refractivity contribution is 5.42. The number of hydrogen-bond acceptors (Lipinski definition) is 4. The molecule has 1 unspecified atom stereocenters. The summed E-state index contributed by atoms with van der Waals surface area (Å²) in [6.45, 7) is 4.43. The van der Waals surface area contributed by atoms with Crippen molar-refractivity contribution in [2.45, 2.75) is 39.2 Å². The maximum absolute atomic E-state index is 5.73. The fraction of sp³-hybridized carbons (Fsp3) is 0.600. The fourth-order valence-electron chi connectivity index (χ4n) is 2.35. The van der Waals surface area contributed by atoms with E-state index in [2.05, 4.69) is 19.3 Å². The van der Waals surface area contributed by atoms with Crippen molar-refractivity contribution >= 4 is 0 Å². The molecule has 0 saturated carbocycles. The lowest BCUT2D eigenvalue weighted by Gasteiger charge is -2.23. The zero-order valence-corrected chi connectivity index (χ0v) is 12.4. The van der Waals surface area contributed by atoms with Crippen molar-refractivity contribution in [2.75, 3.05) is 14.2 Å². The zero-order valence-electron chi connectivity index (χ0n) is 12.4. The lowest BCUT2D eigenvalue weighted by molar-refractivity contribution is 0.352. The molecule has 1 aromatic rings. The molecule has 0 heterocycles. The third-order valence-corrected chi connectivity index (χ3v) is 3.74. The van der Waals surface area contributed by atoms with Crippen LogP contribution in [0.4, 0.5) is 0 Å². The summed E-state index contributed by atoms with van der Waals surface area (Å²) in [6.07, 6.45) is 3.30. The van der Waals surface area contributed by atoms with E-state index in [1.54, 1.807) is 14.2 Å². The van der Waals surface area contributed by atoms with Crippen LogP contribution in [0.5, 0.6) is 11.5 Å². The number of rotatable bonds is 8. The number of methoxy groups -OCH3 is 2. The summed E-state index contributed by atoms with van der Waals surface area (Å²) < 4.78 is 10.7. The molecular weight excluding hydrogens is 240 g/mol. The molecule has 0 saturated heterocycles. The van der Waals surface area contributed by atoms with Crippen molar-refractivity contribution in [3.8, 4) is 11.5 Å². The third kappa shape index (κ3) is 4.11. The van der Waals surface area contributed by atoms with Crippen LogP contribution in [0.2, 0.25) is 0 Å². The summed E-state index contributed by atoms with van der Waals surface area (Å²) in [7, 11) is 3.34. The molecule has 4 nitrogen and oxygen atoms in total. The topological polar surface area (TPSA) is 56.5 Å². The van der Waals surface area contributed by atoms with E-state index in [9.17, 15) is 0 Å². The van der Waals surface area contributed by atoms with Gasteiger partial charge in [-0.15, -0.1) is 0 Å². The van der Waals surface area contributed by atoms with Crippen molar-refractivity contribution < 1.29 is 9.47 Å². The molecule has 1 atom stereocenters. The van der Waals surface area contributed by atoms with Gasteiger partial charge in [0.2, 0.25) is 0 Å². The van der Waals surface area contributed by atoms with Crippen LogP contribution in [0.25, 0.3) is 0 Å². The molecule has 1 aromatic carbocycles. The first kappa shape index (κ1) is 15.8. The van der Waals surface area contributed by atoms with Gasteiger partial charge in [-0.1, -0.05) is 26.7 Å². The Morgan fingerprint density at radius 1 is 1.16 bits per heavy atom. The molecule has 1 rings (SSSR count). The first-order chi connectivity index (χ1) is 9.19. The zero-order chi connectivity index (χ0) is 14.3. The molecule has 0 aliphatic heterocycles. The Bertz CT molecular complexity index is 378. The van der Waals surface area contributed by atoms with Gasteiger partial charge < -0.3 is 9.47 Å². The second-order valence-corrected chi connectivity index (χ2v) is 4.75. The molecule has 0 aliphatic carbocycles. The van der Waals surface area contributed by atoms with Crippen molar-refractivity contribution in [1.82, 2.24) is 5.43 Å². The number of ether oxygens (including phenoxy) is 2. The first-order valence-electron chi connectivity index (χ1n) is 6.88. The van der Waals surface area contributed by atoms with Crippen molar-refractivity contribution in [3.05, 3.63) is 23.8 Å². The standard InChI is InChI=1S/C15H26N2O2/c1-5-11(6-2)9-14(17-16)13-10-12(18-3)7-8-15(13)19-4/h7-8,10-11,14,17H,5-6,9,16H2,1-4H3. The Morgan fingerprint density at radius 2 is 1.84 bits per heavy atom. The van der Waals surface area contributed by atoms with Crippen LogP contribution >= 0.6 is 0 Å². The largest absolute Gasteiger partial charge is 0.497 e. The Morgan fingerprint density at radius 3 is 2.32 bits per heavy atom.